The van der Waals surface area contributed by atoms with Crippen LogP contribution in [0.2, 0.25) is 5.02 Å². The Bertz CT molecular complexity index is 928. The number of carbonyl (C=O) groups is 2. The summed E-state index contributed by atoms with van der Waals surface area (Å²) in [6, 6.07) is 21.3. The molecule has 0 bridgehead atoms. The fourth-order valence-corrected chi connectivity index (χ4v) is 2.59. The number of amides is 2. The minimum atomic E-state index is -0.364. The Morgan fingerprint density at radius 3 is 2.19 bits per heavy atom. The van der Waals surface area contributed by atoms with Crippen molar-refractivity contribution in [1.82, 2.24) is 10.3 Å². The van der Waals surface area contributed by atoms with Crippen LogP contribution in [0.25, 0.3) is 0 Å². The van der Waals surface area contributed by atoms with Gasteiger partial charge in [-0.3, -0.25) is 9.59 Å². The number of nitrogens with one attached hydrogen (secondary N) is 2. The molecule has 27 heavy (non-hydrogen) atoms. The van der Waals surface area contributed by atoms with E-state index in [1.165, 1.54) is 0 Å². The van der Waals surface area contributed by atoms with Crippen molar-refractivity contribution < 1.29 is 9.59 Å². The third kappa shape index (κ3) is 5.39. The molecule has 0 fully saturated rings. The van der Waals surface area contributed by atoms with Crippen molar-refractivity contribution >= 4 is 29.1 Å². The van der Waals surface area contributed by atoms with Crippen LogP contribution in [0.4, 0.5) is 5.69 Å². The van der Waals surface area contributed by atoms with E-state index in [0.29, 0.717) is 23.7 Å². The van der Waals surface area contributed by atoms with Gasteiger partial charge >= 0.3 is 0 Å². The Kier molecular flexibility index (Phi) is 6.18. The molecule has 0 saturated heterocycles. The lowest BCUT2D eigenvalue weighted by Gasteiger charge is -2.07. The van der Waals surface area contributed by atoms with Gasteiger partial charge in [0.05, 0.1) is 0 Å². The molecule has 0 aliphatic heterocycles. The zero-order valence-electron chi connectivity index (χ0n) is 14.5. The Morgan fingerprint density at radius 2 is 1.48 bits per heavy atom. The molecule has 2 aromatic carbocycles. The molecule has 0 aliphatic rings. The predicted molar refractivity (Wildman–Crippen MR) is 106 cm³/mol. The molecule has 0 radical (unpaired) electrons. The SMILES string of the molecule is O=C(NCCc1ccc(Cl)cc1)c1cccc(C(=O)Nc2ccccc2)n1. The topological polar surface area (TPSA) is 71.1 Å². The molecule has 0 saturated carbocycles. The number of benzene rings is 2. The van der Waals surface area contributed by atoms with Crippen molar-refractivity contribution in [3.63, 3.8) is 0 Å². The van der Waals surface area contributed by atoms with E-state index in [0.717, 1.165) is 5.56 Å². The molecule has 2 N–H and O–H groups in total. The van der Waals surface area contributed by atoms with E-state index in [1.54, 1.807) is 30.3 Å². The summed E-state index contributed by atoms with van der Waals surface area (Å²) in [6.07, 6.45) is 0.678. The van der Waals surface area contributed by atoms with Crippen LogP contribution in [-0.2, 0) is 6.42 Å². The van der Waals surface area contributed by atoms with Crippen LogP contribution in [0.15, 0.2) is 72.8 Å². The van der Waals surface area contributed by atoms with Crippen molar-refractivity contribution in [3.05, 3.63) is 94.8 Å². The van der Waals surface area contributed by atoms with Gasteiger partial charge in [-0.05, 0) is 48.4 Å². The Balaban J connectivity index is 1.58. The second-order valence-corrected chi connectivity index (χ2v) is 6.30. The highest BCUT2D eigenvalue weighted by Crippen LogP contribution is 2.10. The molecule has 3 aromatic rings. The van der Waals surface area contributed by atoms with Crippen LogP contribution in [-0.4, -0.2) is 23.3 Å². The summed E-state index contributed by atoms with van der Waals surface area (Å²) in [5.41, 5.74) is 2.13. The maximum Gasteiger partial charge on any atom is 0.274 e. The van der Waals surface area contributed by atoms with Gasteiger partial charge in [-0.1, -0.05) is 48.0 Å². The van der Waals surface area contributed by atoms with Gasteiger partial charge in [0.2, 0.25) is 0 Å². The lowest BCUT2D eigenvalue weighted by molar-refractivity contribution is 0.0949. The first-order chi connectivity index (χ1) is 13.1. The van der Waals surface area contributed by atoms with Crippen molar-refractivity contribution in [1.29, 1.82) is 0 Å². The summed E-state index contributed by atoms with van der Waals surface area (Å²) in [5, 5.41) is 6.24. The summed E-state index contributed by atoms with van der Waals surface area (Å²) >= 11 is 5.86. The number of pyridine rings is 1. The summed E-state index contributed by atoms with van der Waals surface area (Å²) in [4.78, 5) is 28.8. The van der Waals surface area contributed by atoms with Crippen LogP contribution in [0.5, 0.6) is 0 Å². The van der Waals surface area contributed by atoms with E-state index in [2.05, 4.69) is 15.6 Å². The lowest BCUT2D eigenvalue weighted by atomic mass is 10.1. The third-order valence-electron chi connectivity index (χ3n) is 3.86. The summed E-state index contributed by atoms with van der Waals surface area (Å²) < 4.78 is 0. The highest BCUT2D eigenvalue weighted by atomic mass is 35.5. The molecule has 5 nitrogen and oxygen atoms in total. The Hall–Kier alpha value is -3.18. The first-order valence-corrected chi connectivity index (χ1v) is 8.86. The summed E-state index contributed by atoms with van der Waals surface area (Å²) in [7, 11) is 0. The third-order valence-corrected chi connectivity index (χ3v) is 4.11. The number of aromatic nitrogens is 1. The van der Waals surface area contributed by atoms with Crippen molar-refractivity contribution in [2.75, 3.05) is 11.9 Å². The maximum atomic E-state index is 12.3. The van der Waals surface area contributed by atoms with E-state index in [9.17, 15) is 9.59 Å². The number of hydrogen-bond donors (Lipinski definition) is 2. The maximum absolute atomic E-state index is 12.3. The van der Waals surface area contributed by atoms with Crippen molar-refractivity contribution in [2.45, 2.75) is 6.42 Å². The zero-order valence-corrected chi connectivity index (χ0v) is 15.2. The van der Waals surface area contributed by atoms with E-state index in [-0.39, 0.29) is 23.2 Å². The van der Waals surface area contributed by atoms with Crippen LogP contribution >= 0.6 is 11.6 Å². The zero-order chi connectivity index (χ0) is 19.1. The van der Waals surface area contributed by atoms with E-state index in [1.807, 2.05) is 42.5 Å². The Labute approximate surface area is 162 Å². The van der Waals surface area contributed by atoms with Gasteiger partial charge in [0.1, 0.15) is 11.4 Å². The molecule has 0 spiro atoms. The second kappa shape index (κ2) is 8.96. The van der Waals surface area contributed by atoms with Gasteiger partial charge in [0, 0.05) is 17.3 Å². The van der Waals surface area contributed by atoms with Crippen molar-refractivity contribution in [3.8, 4) is 0 Å². The van der Waals surface area contributed by atoms with E-state index in [4.69, 9.17) is 11.6 Å². The molecule has 2 amide bonds. The smallest absolute Gasteiger partial charge is 0.274 e. The molecule has 0 unspecified atom stereocenters. The molecular weight excluding hydrogens is 362 g/mol. The van der Waals surface area contributed by atoms with Gasteiger partial charge in [0.25, 0.3) is 11.8 Å². The van der Waals surface area contributed by atoms with Gasteiger partial charge in [-0.25, -0.2) is 4.98 Å². The minimum Gasteiger partial charge on any atom is -0.350 e. The first-order valence-electron chi connectivity index (χ1n) is 8.48. The lowest BCUT2D eigenvalue weighted by Crippen LogP contribution is -2.27. The normalized spacial score (nSPS) is 10.3. The molecule has 1 aromatic heterocycles. The standard InChI is InChI=1S/C21H18ClN3O2/c22-16-11-9-15(10-12-16)13-14-23-20(26)18-7-4-8-19(25-18)21(27)24-17-5-2-1-3-6-17/h1-12H,13-14H2,(H,23,26)(H,24,27). The number of rotatable bonds is 6. The highest BCUT2D eigenvalue weighted by Gasteiger charge is 2.12. The Morgan fingerprint density at radius 1 is 0.815 bits per heavy atom. The van der Waals surface area contributed by atoms with E-state index < -0.39 is 0 Å². The number of carbonyl (C=O) groups excluding carboxylic acids is 2. The summed E-state index contributed by atoms with van der Waals surface area (Å²) in [6.45, 7) is 0.461. The molecule has 1 heterocycles. The molecule has 0 aliphatic carbocycles. The minimum absolute atomic E-state index is 0.184. The number of para-hydroxylation sites is 1. The predicted octanol–water partition coefficient (Wildman–Crippen LogP) is 3.96. The first kappa shape index (κ1) is 18.6. The van der Waals surface area contributed by atoms with Gasteiger partial charge in [-0.2, -0.15) is 0 Å². The molecule has 3 rings (SSSR count). The quantitative estimate of drug-likeness (QED) is 0.681. The summed E-state index contributed by atoms with van der Waals surface area (Å²) in [5.74, 6) is -0.685. The van der Waals surface area contributed by atoms with Crippen LogP contribution in [0, 0.1) is 0 Å². The second-order valence-electron chi connectivity index (χ2n) is 5.86. The van der Waals surface area contributed by atoms with Gasteiger partial charge in [0.15, 0.2) is 0 Å². The van der Waals surface area contributed by atoms with Gasteiger partial charge < -0.3 is 10.6 Å². The fraction of sp³-hybridized carbons (Fsp3) is 0.0952. The fourth-order valence-electron chi connectivity index (χ4n) is 2.47. The van der Waals surface area contributed by atoms with Crippen molar-refractivity contribution in [2.24, 2.45) is 0 Å². The van der Waals surface area contributed by atoms with Gasteiger partial charge in [-0.15, -0.1) is 0 Å². The van der Waals surface area contributed by atoms with Crippen LogP contribution in [0.3, 0.4) is 0 Å². The molecule has 6 heteroatoms. The van der Waals surface area contributed by atoms with Crippen LogP contribution < -0.4 is 10.6 Å². The largest absolute Gasteiger partial charge is 0.350 e. The van der Waals surface area contributed by atoms with Crippen LogP contribution in [0.1, 0.15) is 26.5 Å². The number of anilines is 1. The average Bonchev–Trinajstić information content (AvgIpc) is 2.70. The monoisotopic (exact) mass is 379 g/mol. The number of halogens is 1. The molecule has 136 valence electrons. The average molecular weight is 380 g/mol. The highest BCUT2D eigenvalue weighted by molar-refractivity contribution is 6.30. The molecular formula is C21H18ClN3O2. The number of hydrogen-bond acceptors (Lipinski definition) is 3. The number of nitrogens with zero attached hydrogens (tertiary/aromatic N) is 1. The van der Waals surface area contributed by atoms with E-state index >= 15 is 0 Å². The molecule has 0 atom stereocenters.